The largest absolute Gasteiger partial charge is 0.377 e. The Morgan fingerprint density at radius 3 is 2.26 bits per heavy atom. The van der Waals surface area contributed by atoms with E-state index in [1.807, 2.05) is 19.4 Å². The minimum atomic E-state index is 0.580. The molecule has 0 aromatic carbocycles. The number of hydrogen-bond donors (Lipinski definition) is 0. The predicted octanol–water partition coefficient (Wildman–Crippen LogP) is 8.74. The summed E-state index contributed by atoms with van der Waals surface area (Å²) in [6, 6.07) is 0. The zero-order chi connectivity index (χ0) is 22.4. The van der Waals surface area contributed by atoms with Crippen molar-refractivity contribution in [1.29, 1.82) is 0 Å². The van der Waals surface area contributed by atoms with Gasteiger partial charge in [0, 0.05) is 5.92 Å². The number of allylic oxidation sites excluding steroid dienone is 4. The Morgan fingerprint density at radius 2 is 1.58 bits per heavy atom. The Balaban J connectivity index is 0.00000112. The second-order valence-corrected chi connectivity index (χ2v) is 12.2. The second kappa shape index (κ2) is 9.00. The lowest BCUT2D eigenvalue weighted by Crippen LogP contribution is -2.61. The molecule has 1 heteroatoms. The maximum atomic E-state index is 5.93. The lowest BCUT2D eigenvalue weighted by molar-refractivity contribution is -0.228. The van der Waals surface area contributed by atoms with Crippen LogP contribution >= 0.6 is 0 Å². The Kier molecular flexibility index (Phi) is 6.85. The highest BCUT2D eigenvalue weighted by Crippen LogP contribution is 2.69. The first-order valence-electron chi connectivity index (χ1n) is 13.8. The summed E-state index contributed by atoms with van der Waals surface area (Å²) in [5, 5.41) is 0. The molecule has 1 heterocycles. The predicted molar refractivity (Wildman–Crippen MR) is 133 cm³/mol. The van der Waals surface area contributed by atoms with Crippen LogP contribution in [0.3, 0.4) is 0 Å². The van der Waals surface area contributed by atoms with Gasteiger partial charge in [-0.1, -0.05) is 50.5 Å². The van der Waals surface area contributed by atoms with E-state index in [9.17, 15) is 0 Å². The lowest BCUT2D eigenvalue weighted by atomic mass is 9.42. The van der Waals surface area contributed by atoms with Gasteiger partial charge in [-0.25, -0.2) is 0 Å². The molecule has 1 nitrogen and oxygen atoms in total. The summed E-state index contributed by atoms with van der Waals surface area (Å²) >= 11 is 0. The maximum absolute atomic E-state index is 5.93. The maximum Gasteiger partial charge on any atom is 0.0628 e. The summed E-state index contributed by atoms with van der Waals surface area (Å²) in [6.07, 6.45) is 17.2. The summed E-state index contributed by atoms with van der Waals surface area (Å²) in [4.78, 5) is 0. The molecule has 0 radical (unpaired) electrons. The summed E-state index contributed by atoms with van der Waals surface area (Å²) in [7, 11) is 0. The Labute approximate surface area is 193 Å². The number of rotatable bonds is 3. The fraction of sp³-hybridized carbons (Fsp3) is 0.867. The second-order valence-electron chi connectivity index (χ2n) is 12.2. The van der Waals surface area contributed by atoms with Crippen LogP contribution in [-0.2, 0) is 4.74 Å². The Bertz CT molecular complexity index is 712. The normalized spacial score (nSPS) is 46.8. The van der Waals surface area contributed by atoms with Crippen molar-refractivity contribution in [1.82, 2.24) is 0 Å². The van der Waals surface area contributed by atoms with Gasteiger partial charge in [0.15, 0.2) is 0 Å². The van der Waals surface area contributed by atoms with Crippen molar-refractivity contribution >= 4 is 0 Å². The van der Waals surface area contributed by atoms with E-state index < -0.39 is 0 Å². The summed E-state index contributed by atoms with van der Waals surface area (Å²) < 4.78 is 5.93. The molecule has 0 aromatic rings. The first-order chi connectivity index (χ1) is 14.8. The van der Waals surface area contributed by atoms with Crippen molar-refractivity contribution in [2.75, 3.05) is 6.61 Å². The van der Waals surface area contributed by atoms with Gasteiger partial charge in [0.2, 0.25) is 0 Å². The fourth-order valence-corrected chi connectivity index (χ4v) is 9.18. The molecular formula is C30H50O. The molecule has 5 aliphatic rings. The SMILES string of the molecule is CC.CC(C)=CCC/C(C)=C1/CCC2(C)C1CCC1C2CCC2C3COC3CCC21C. The van der Waals surface area contributed by atoms with Crippen LogP contribution in [-0.4, -0.2) is 12.7 Å². The van der Waals surface area contributed by atoms with Crippen molar-refractivity contribution in [3.8, 4) is 0 Å². The van der Waals surface area contributed by atoms with Gasteiger partial charge in [0.05, 0.1) is 12.7 Å². The van der Waals surface area contributed by atoms with Gasteiger partial charge in [-0.2, -0.15) is 0 Å². The fourth-order valence-electron chi connectivity index (χ4n) is 9.18. The van der Waals surface area contributed by atoms with Crippen LogP contribution in [0.25, 0.3) is 0 Å². The van der Waals surface area contributed by atoms with Gasteiger partial charge in [0.25, 0.3) is 0 Å². The smallest absolute Gasteiger partial charge is 0.0628 e. The lowest BCUT2D eigenvalue weighted by Gasteiger charge is -2.65. The molecule has 4 aliphatic carbocycles. The van der Waals surface area contributed by atoms with E-state index in [4.69, 9.17) is 4.74 Å². The quantitative estimate of drug-likeness (QED) is 0.410. The van der Waals surface area contributed by atoms with Crippen molar-refractivity contribution in [2.45, 2.75) is 119 Å². The van der Waals surface area contributed by atoms with Crippen LogP contribution < -0.4 is 0 Å². The van der Waals surface area contributed by atoms with E-state index in [2.05, 4.69) is 40.7 Å². The van der Waals surface area contributed by atoms with E-state index in [1.54, 1.807) is 5.57 Å². The highest BCUT2D eigenvalue weighted by molar-refractivity contribution is 5.27. The third-order valence-corrected chi connectivity index (χ3v) is 10.8. The van der Waals surface area contributed by atoms with E-state index in [1.165, 1.54) is 69.8 Å². The highest BCUT2D eigenvalue weighted by Gasteiger charge is 2.62. The van der Waals surface area contributed by atoms with Crippen molar-refractivity contribution < 1.29 is 4.74 Å². The molecule has 8 unspecified atom stereocenters. The molecule has 0 spiro atoms. The van der Waals surface area contributed by atoms with Gasteiger partial charge in [-0.05, 0) is 119 Å². The molecule has 4 saturated carbocycles. The Morgan fingerprint density at radius 1 is 0.903 bits per heavy atom. The van der Waals surface area contributed by atoms with Crippen LogP contribution in [0.2, 0.25) is 0 Å². The molecule has 8 atom stereocenters. The van der Waals surface area contributed by atoms with Crippen LogP contribution in [0.15, 0.2) is 22.8 Å². The van der Waals surface area contributed by atoms with Crippen molar-refractivity contribution in [3.05, 3.63) is 22.8 Å². The van der Waals surface area contributed by atoms with Crippen LogP contribution in [0, 0.1) is 40.4 Å². The molecule has 0 aromatic heterocycles. The topological polar surface area (TPSA) is 9.23 Å². The molecule has 0 bridgehead atoms. The monoisotopic (exact) mass is 426 g/mol. The molecule has 31 heavy (non-hydrogen) atoms. The molecule has 176 valence electrons. The molecule has 5 rings (SSSR count). The summed E-state index contributed by atoms with van der Waals surface area (Å²) in [5.41, 5.74) is 6.28. The number of hydrogen-bond acceptors (Lipinski definition) is 1. The third kappa shape index (κ3) is 3.79. The number of fused-ring (bicyclic) bond motifs is 7. The van der Waals surface area contributed by atoms with Gasteiger partial charge in [0.1, 0.15) is 0 Å². The van der Waals surface area contributed by atoms with Crippen LogP contribution in [0.4, 0.5) is 0 Å². The number of ether oxygens (including phenoxy) is 1. The van der Waals surface area contributed by atoms with Crippen LogP contribution in [0.5, 0.6) is 0 Å². The standard InChI is InChI=1S/C28H44O.C2H6/c1-18(2)7-6-8-19(3)20-13-15-27(4)22(20)9-11-25-24(27)12-10-23-21-17-29-26(21)14-16-28(23,25)5;1-2/h7,21-26H,6,8-17H2,1-5H3;1-2H3/b20-19-;. The van der Waals surface area contributed by atoms with E-state index >= 15 is 0 Å². The molecule has 5 fully saturated rings. The van der Waals surface area contributed by atoms with Gasteiger partial charge < -0.3 is 4.74 Å². The van der Waals surface area contributed by atoms with E-state index in [-0.39, 0.29) is 0 Å². The molecular weight excluding hydrogens is 376 g/mol. The highest BCUT2D eigenvalue weighted by atomic mass is 16.5. The molecule has 0 N–H and O–H groups in total. The molecule has 1 saturated heterocycles. The van der Waals surface area contributed by atoms with E-state index in [0.717, 1.165) is 36.2 Å². The minimum Gasteiger partial charge on any atom is -0.377 e. The summed E-state index contributed by atoms with van der Waals surface area (Å²) in [5.74, 6) is 4.70. The first-order valence-corrected chi connectivity index (χ1v) is 13.8. The minimum absolute atomic E-state index is 0.580. The average Bonchev–Trinajstić information content (AvgIpc) is 3.07. The molecule has 1 aliphatic heterocycles. The van der Waals surface area contributed by atoms with E-state index in [0.29, 0.717) is 16.9 Å². The van der Waals surface area contributed by atoms with Gasteiger partial charge in [-0.15, -0.1) is 0 Å². The zero-order valence-corrected chi connectivity index (χ0v) is 21.7. The van der Waals surface area contributed by atoms with Crippen molar-refractivity contribution in [2.24, 2.45) is 40.4 Å². The first kappa shape index (κ1) is 23.6. The Hall–Kier alpha value is -0.560. The third-order valence-electron chi connectivity index (χ3n) is 10.8. The zero-order valence-electron chi connectivity index (χ0n) is 21.7. The van der Waals surface area contributed by atoms with Gasteiger partial charge in [-0.3, -0.25) is 0 Å². The van der Waals surface area contributed by atoms with Crippen molar-refractivity contribution in [3.63, 3.8) is 0 Å². The average molecular weight is 427 g/mol. The summed E-state index contributed by atoms with van der Waals surface area (Å²) in [6.45, 7) is 17.4. The van der Waals surface area contributed by atoms with Gasteiger partial charge >= 0.3 is 0 Å². The molecule has 0 amide bonds. The van der Waals surface area contributed by atoms with Crippen LogP contribution in [0.1, 0.15) is 113 Å².